The molecule has 0 amide bonds. The molecule has 1 aromatic rings. The summed E-state index contributed by atoms with van der Waals surface area (Å²) >= 11 is 0. The number of aliphatic imine (C=N–C) groups is 1. The van der Waals surface area contributed by atoms with Crippen molar-refractivity contribution in [2.75, 3.05) is 13.6 Å². The second-order valence-electron chi connectivity index (χ2n) is 5.91. The molecule has 0 spiro atoms. The summed E-state index contributed by atoms with van der Waals surface area (Å²) in [6, 6.07) is 0. The van der Waals surface area contributed by atoms with Crippen molar-refractivity contribution >= 4 is 29.9 Å². The van der Waals surface area contributed by atoms with Crippen LogP contribution < -0.4 is 10.6 Å². The van der Waals surface area contributed by atoms with E-state index in [9.17, 15) is 0 Å². The third kappa shape index (κ3) is 9.78. The van der Waals surface area contributed by atoms with Crippen LogP contribution in [0.2, 0.25) is 0 Å². The number of unbranched alkanes of at least 4 members (excludes halogenated alkanes) is 4. The van der Waals surface area contributed by atoms with Gasteiger partial charge in [0.1, 0.15) is 12.2 Å². The molecule has 0 aromatic carbocycles. The molecule has 134 valence electrons. The summed E-state index contributed by atoms with van der Waals surface area (Å²) in [4.78, 5) is 8.44. The van der Waals surface area contributed by atoms with Crippen molar-refractivity contribution < 1.29 is 0 Å². The SMILES string of the molecule is CCCCCCCC(C)CNC(=NC)NCc1ncnn1C.I. The Bertz CT molecular complexity index is 432. The number of nitrogens with zero attached hydrogens (tertiary/aromatic N) is 4. The largest absolute Gasteiger partial charge is 0.356 e. The monoisotopic (exact) mass is 436 g/mol. The number of hydrogen-bond donors (Lipinski definition) is 2. The highest BCUT2D eigenvalue weighted by Gasteiger charge is 2.05. The zero-order valence-electron chi connectivity index (χ0n) is 15.0. The van der Waals surface area contributed by atoms with Crippen LogP contribution in [0.1, 0.15) is 58.2 Å². The van der Waals surface area contributed by atoms with Gasteiger partial charge in [0.15, 0.2) is 5.96 Å². The van der Waals surface area contributed by atoms with Gasteiger partial charge < -0.3 is 10.6 Å². The normalized spacial score (nSPS) is 12.6. The molecule has 0 saturated heterocycles. The van der Waals surface area contributed by atoms with E-state index in [0.717, 1.165) is 18.3 Å². The minimum Gasteiger partial charge on any atom is -0.356 e. The van der Waals surface area contributed by atoms with Crippen LogP contribution in [0.3, 0.4) is 0 Å². The summed E-state index contributed by atoms with van der Waals surface area (Å²) in [7, 11) is 3.68. The number of rotatable bonds is 10. The zero-order chi connectivity index (χ0) is 16.2. The first-order valence-electron chi connectivity index (χ1n) is 8.44. The first kappa shape index (κ1) is 22.1. The summed E-state index contributed by atoms with van der Waals surface area (Å²) in [5.74, 6) is 2.38. The van der Waals surface area contributed by atoms with Gasteiger partial charge in [0.2, 0.25) is 0 Å². The van der Waals surface area contributed by atoms with Crippen molar-refractivity contribution in [2.24, 2.45) is 18.0 Å². The lowest BCUT2D eigenvalue weighted by Gasteiger charge is -2.15. The van der Waals surface area contributed by atoms with Gasteiger partial charge in [0.05, 0.1) is 6.54 Å². The Morgan fingerprint density at radius 3 is 2.61 bits per heavy atom. The Labute approximate surface area is 158 Å². The molecule has 7 heteroatoms. The van der Waals surface area contributed by atoms with E-state index in [0.29, 0.717) is 12.5 Å². The smallest absolute Gasteiger partial charge is 0.191 e. The summed E-state index contributed by atoms with van der Waals surface area (Å²) in [6.07, 6.45) is 9.57. The highest BCUT2D eigenvalue weighted by molar-refractivity contribution is 14.0. The van der Waals surface area contributed by atoms with Crippen LogP contribution >= 0.6 is 24.0 Å². The minimum atomic E-state index is 0. The van der Waals surface area contributed by atoms with E-state index < -0.39 is 0 Å². The Morgan fingerprint density at radius 1 is 1.26 bits per heavy atom. The highest BCUT2D eigenvalue weighted by atomic mass is 127. The van der Waals surface area contributed by atoms with Gasteiger partial charge in [-0.15, -0.1) is 24.0 Å². The van der Waals surface area contributed by atoms with E-state index in [1.54, 1.807) is 18.1 Å². The van der Waals surface area contributed by atoms with Crippen molar-refractivity contribution in [1.82, 2.24) is 25.4 Å². The Morgan fingerprint density at radius 2 is 2.00 bits per heavy atom. The molecule has 0 bridgehead atoms. The van der Waals surface area contributed by atoms with Gasteiger partial charge in [-0.3, -0.25) is 9.67 Å². The van der Waals surface area contributed by atoms with Crippen LogP contribution in [0.5, 0.6) is 0 Å². The average molecular weight is 436 g/mol. The summed E-state index contributed by atoms with van der Waals surface area (Å²) in [6.45, 7) is 6.13. The third-order valence-corrected chi connectivity index (χ3v) is 3.86. The van der Waals surface area contributed by atoms with Crippen molar-refractivity contribution in [3.05, 3.63) is 12.2 Å². The maximum absolute atomic E-state index is 4.25. The fourth-order valence-electron chi connectivity index (χ4n) is 2.33. The molecule has 1 aromatic heterocycles. The molecular formula is C16H33IN6. The lowest BCUT2D eigenvalue weighted by atomic mass is 10.0. The van der Waals surface area contributed by atoms with Gasteiger partial charge in [-0.25, -0.2) is 4.98 Å². The predicted molar refractivity (Wildman–Crippen MR) is 107 cm³/mol. The van der Waals surface area contributed by atoms with Gasteiger partial charge >= 0.3 is 0 Å². The number of guanidine groups is 1. The van der Waals surface area contributed by atoms with Crippen LogP contribution in [-0.2, 0) is 13.6 Å². The topological polar surface area (TPSA) is 67.1 Å². The molecule has 0 fully saturated rings. The van der Waals surface area contributed by atoms with Gasteiger partial charge in [0, 0.05) is 20.6 Å². The number of aromatic nitrogens is 3. The van der Waals surface area contributed by atoms with Crippen LogP contribution in [0.15, 0.2) is 11.3 Å². The van der Waals surface area contributed by atoms with E-state index in [1.165, 1.54) is 38.5 Å². The maximum Gasteiger partial charge on any atom is 0.191 e. The molecule has 1 unspecified atom stereocenters. The quantitative estimate of drug-likeness (QED) is 0.256. The van der Waals surface area contributed by atoms with Crippen LogP contribution in [0, 0.1) is 5.92 Å². The zero-order valence-corrected chi connectivity index (χ0v) is 17.3. The van der Waals surface area contributed by atoms with Crippen LogP contribution in [0.25, 0.3) is 0 Å². The standard InChI is InChI=1S/C16H32N6.HI/c1-5-6-7-8-9-10-14(2)11-18-16(17-3)19-12-15-20-13-21-22(15)4;/h13-14H,5-12H2,1-4H3,(H2,17,18,19);1H. The predicted octanol–water partition coefficient (Wildman–Crippen LogP) is 3.09. The van der Waals surface area contributed by atoms with Crippen LogP contribution in [-0.4, -0.2) is 34.3 Å². The van der Waals surface area contributed by atoms with Crippen molar-refractivity contribution in [2.45, 2.75) is 58.9 Å². The van der Waals surface area contributed by atoms with E-state index >= 15 is 0 Å². The van der Waals surface area contributed by atoms with E-state index in [-0.39, 0.29) is 24.0 Å². The highest BCUT2D eigenvalue weighted by Crippen LogP contribution is 2.10. The fourth-order valence-corrected chi connectivity index (χ4v) is 2.33. The molecule has 0 saturated carbocycles. The molecule has 0 radical (unpaired) electrons. The van der Waals surface area contributed by atoms with E-state index in [2.05, 4.69) is 39.6 Å². The van der Waals surface area contributed by atoms with Crippen molar-refractivity contribution in [3.63, 3.8) is 0 Å². The third-order valence-electron chi connectivity index (χ3n) is 3.86. The Kier molecular flexibility index (Phi) is 13.1. The van der Waals surface area contributed by atoms with Gasteiger partial charge in [-0.05, 0) is 12.3 Å². The molecular weight excluding hydrogens is 403 g/mol. The lowest BCUT2D eigenvalue weighted by Crippen LogP contribution is -2.39. The van der Waals surface area contributed by atoms with Gasteiger partial charge in [0.25, 0.3) is 0 Å². The van der Waals surface area contributed by atoms with E-state index in [1.807, 2.05) is 7.05 Å². The minimum absolute atomic E-state index is 0. The second kappa shape index (κ2) is 13.6. The average Bonchev–Trinajstić information content (AvgIpc) is 2.92. The summed E-state index contributed by atoms with van der Waals surface area (Å²) in [5.41, 5.74) is 0. The number of hydrogen-bond acceptors (Lipinski definition) is 3. The maximum atomic E-state index is 4.25. The second-order valence-corrected chi connectivity index (χ2v) is 5.91. The van der Waals surface area contributed by atoms with Gasteiger partial charge in [-0.2, -0.15) is 5.10 Å². The van der Waals surface area contributed by atoms with Crippen molar-refractivity contribution in [3.8, 4) is 0 Å². The molecule has 0 aliphatic carbocycles. The molecule has 6 nitrogen and oxygen atoms in total. The molecule has 0 aliphatic rings. The number of halogens is 1. The lowest BCUT2D eigenvalue weighted by molar-refractivity contribution is 0.476. The summed E-state index contributed by atoms with van der Waals surface area (Å²) in [5, 5.41) is 10.7. The fraction of sp³-hybridized carbons (Fsp3) is 0.812. The molecule has 0 aliphatic heterocycles. The van der Waals surface area contributed by atoms with Gasteiger partial charge in [-0.1, -0.05) is 46.0 Å². The number of nitrogens with one attached hydrogen (secondary N) is 2. The molecule has 2 N–H and O–H groups in total. The Hall–Kier alpha value is -0.860. The Balaban J connectivity index is 0.00000484. The molecule has 1 rings (SSSR count). The first-order valence-corrected chi connectivity index (χ1v) is 8.44. The van der Waals surface area contributed by atoms with E-state index in [4.69, 9.17) is 0 Å². The molecule has 23 heavy (non-hydrogen) atoms. The molecule has 1 atom stereocenters. The summed E-state index contributed by atoms with van der Waals surface area (Å²) < 4.78 is 1.76. The van der Waals surface area contributed by atoms with Crippen molar-refractivity contribution in [1.29, 1.82) is 0 Å². The number of aryl methyl sites for hydroxylation is 1. The molecule has 1 heterocycles. The van der Waals surface area contributed by atoms with Crippen LogP contribution in [0.4, 0.5) is 0 Å². The first-order chi connectivity index (χ1) is 10.7.